The molecular formula is C20H18IN3O2S. The molecule has 138 valence electrons. The molecule has 5 nitrogen and oxygen atoms in total. The Balaban J connectivity index is 1.61. The fraction of sp³-hybridized carbons (Fsp3) is 0.200. The van der Waals surface area contributed by atoms with Gasteiger partial charge in [0.15, 0.2) is 0 Å². The summed E-state index contributed by atoms with van der Waals surface area (Å²) >= 11 is 4.16. The summed E-state index contributed by atoms with van der Waals surface area (Å²) in [6.07, 6.45) is 1.61. The molecule has 0 bridgehead atoms. The number of nitrogens with zero attached hydrogens (tertiary/aromatic N) is 2. The summed E-state index contributed by atoms with van der Waals surface area (Å²) in [5.74, 6) is 2.14. The maximum absolute atomic E-state index is 12.0. The van der Waals surface area contributed by atoms with Gasteiger partial charge in [-0.1, -0.05) is 12.1 Å². The van der Waals surface area contributed by atoms with Crippen LogP contribution in [-0.4, -0.2) is 39.4 Å². The van der Waals surface area contributed by atoms with Gasteiger partial charge in [-0.3, -0.25) is 19.7 Å². The van der Waals surface area contributed by atoms with Gasteiger partial charge in [-0.25, -0.2) is 0 Å². The van der Waals surface area contributed by atoms with E-state index in [9.17, 15) is 9.90 Å². The second kappa shape index (κ2) is 8.04. The van der Waals surface area contributed by atoms with Crippen LogP contribution in [0.5, 0.6) is 5.88 Å². The van der Waals surface area contributed by atoms with Crippen molar-refractivity contribution in [2.24, 2.45) is 4.99 Å². The van der Waals surface area contributed by atoms with Gasteiger partial charge in [-0.2, -0.15) is 0 Å². The van der Waals surface area contributed by atoms with Crippen molar-refractivity contribution in [1.82, 2.24) is 9.88 Å². The number of benzene rings is 2. The number of aromatic hydroxyl groups is 1. The van der Waals surface area contributed by atoms with E-state index >= 15 is 0 Å². The molecule has 2 aromatic carbocycles. The van der Waals surface area contributed by atoms with Crippen molar-refractivity contribution in [3.8, 4) is 5.88 Å². The number of aliphatic imine (C=N–C) groups is 1. The Labute approximate surface area is 174 Å². The summed E-state index contributed by atoms with van der Waals surface area (Å²) in [5.41, 5.74) is 2.28. The number of pyridine rings is 1. The lowest BCUT2D eigenvalue weighted by molar-refractivity contribution is 0.349. The van der Waals surface area contributed by atoms with Gasteiger partial charge in [0.2, 0.25) is 5.88 Å². The smallest absolute Gasteiger partial charge is 0.258 e. The van der Waals surface area contributed by atoms with Gasteiger partial charge in [-0.05, 0) is 58.5 Å². The van der Waals surface area contributed by atoms with E-state index in [0.29, 0.717) is 16.3 Å². The van der Waals surface area contributed by atoms with Crippen LogP contribution in [0, 0.1) is 3.57 Å². The Kier molecular flexibility index (Phi) is 5.51. The molecule has 0 atom stereocenters. The van der Waals surface area contributed by atoms with Gasteiger partial charge in [0.05, 0.1) is 11.3 Å². The predicted octanol–water partition coefficient (Wildman–Crippen LogP) is 4.10. The van der Waals surface area contributed by atoms with Crippen LogP contribution >= 0.6 is 34.4 Å². The number of halogens is 1. The molecule has 0 amide bonds. The monoisotopic (exact) mass is 491 g/mol. The second-order valence-corrected chi connectivity index (χ2v) is 8.74. The molecule has 1 saturated heterocycles. The fourth-order valence-electron chi connectivity index (χ4n) is 3.10. The lowest BCUT2D eigenvalue weighted by atomic mass is 10.1. The van der Waals surface area contributed by atoms with Crippen LogP contribution < -0.4 is 5.56 Å². The van der Waals surface area contributed by atoms with E-state index in [1.54, 1.807) is 12.3 Å². The van der Waals surface area contributed by atoms with E-state index < -0.39 is 0 Å². The highest BCUT2D eigenvalue weighted by molar-refractivity contribution is 14.1. The molecule has 0 spiro atoms. The Morgan fingerprint density at radius 3 is 2.78 bits per heavy atom. The van der Waals surface area contributed by atoms with Gasteiger partial charge in [0.1, 0.15) is 0 Å². The Morgan fingerprint density at radius 1 is 1.22 bits per heavy atom. The van der Waals surface area contributed by atoms with Gasteiger partial charge in [-0.15, -0.1) is 11.8 Å². The van der Waals surface area contributed by atoms with E-state index in [1.165, 1.54) is 11.3 Å². The van der Waals surface area contributed by atoms with Crippen molar-refractivity contribution >= 4 is 57.0 Å². The summed E-state index contributed by atoms with van der Waals surface area (Å²) in [6.45, 7) is 2.10. The number of thioether (sulfide) groups is 1. The number of hydrogen-bond donors (Lipinski definition) is 2. The molecule has 2 heterocycles. The van der Waals surface area contributed by atoms with Gasteiger partial charge >= 0.3 is 0 Å². The molecule has 27 heavy (non-hydrogen) atoms. The second-order valence-electron chi connectivity index (χ2n) is 6.42. The van der Waals surface area contributed by atoms with E-state index in [2.05, 4.69) is 49.6 Å². The molecule has 1 fully saturated rings. The highest BCUT2D eigenvalue weighted by atomic mass is 127. The largest absolute Gasteiger partial charge is 0.494 e. The maximum atomic E-state index is 12.0. The quantitative estimate of drug-likeness (QED) is 0.426. The number of rotatable bonds is 4. The number of hydrogen-bond acceptors (Lipinski definition) is 5. The summed E-state index contributed by atoms with van der Waals surface area (Å²) in [5, 5.41) is 11.4. The first-order chi connectivity index (χ1) is 13.1. The van der Waals surface area contributed by atoms with Crippen molar-refractivity contribution < 1.29 is 5.11 Å². The summed E-state index contributed by atoms with van der Waals surface area (Å²) < 4.78 is 0.990. The molecule has 7 heteroatoms. The zero-order valence-corrected chi connectivity index (χ0v) is 17.5. The van der Waals surface area contributed by atoms with Gasteiger partial charge in [0, 0.05) is 45.3 Å². The Bertz CT molecular complexity index is 1060. The molecular weight excluding hydrogens is 473 g/mol. The van der Waals surface area contributed by atoms with E-state index in [-0.39, 0.29) is 11.4 Å². The molecule has 3 aromatic rings. The number of H-pyrrole nitrogens is 1. The Morgan fingerprint density at radius 2 is 2.04 bits per heavy atom. The average molecular weight is 491 g/mol. The van der Waals surface area contributed by atoms with Crippen molar-refractivity contribution in [3.05, 3.63) is 67.5 Å². The van der Waals surface area contributed by atoms with Crippen molar-refractivity contribution in [3.63, 3.8) is 0 Å². The standard InChI is InChI=1S/C20H18IN3O2S/c21-14-3-6-16-17(9-14)18(20(26)23-19(16)25)10-22-15-4-1-13(2-5-15)11-24-7-8-27-12-24/h1-6,9-10H,7-8,11-12H2,(H2,23,25,26). The summed E-state index contributed by atoms with van der Waals surface area (Å²) in [7, 11) is 0. The van der Waals surface area contributed by atoms with Crippen LogP contribution in [0.25, 0.3) is 10.8 Å². The minimum absolute atomic E-state index is 0.165. The molecule has 2 N–H and O–H groups in total. The zero-order valence-electron chi connectivity index (χ0n) is 14.5. The maximum Gasteiger partial charge on any atom is 0.258 e. The SMILES string of the molecule is O=c1[nH]c(O)c(C=Nc2ccc(CN3CCSC3)cc2)c2cc(I)ccc12. The minimum Gasteiger partial charge on any atom is -0.494 e. The third kappa shape index (κ3) is 4.20. The molecule has 0 radical (unpaired) electrons. The first-order valence-electron chi connectivity index (χ1n) is 8.58. The van der Waals surface area contributed by atoms with Crippen LogP contribution in [-0.2, 0) is 6.54 Å². The van der Waals surface area contributed by atoms with Gasteiger partial charge in [0.25, 0.3) is 5.56 Å². The normalized spacial score (nSPS) is 15.1. The molecule has 1 aliphatic heterocycles. The van der Waals surface area contributed by atoms with Crippen LogP contribution in [0.4, 0.5) is 5.69 Å². The topological polar surface area (TPSA) is 68.7 Å². The summed E-state index contributed by atoms with van der Waals surface area (Å²) in [6, 6.07) is 13.6. The van der Waals surface area contributed by atoms with E-state index in [4.69, 9.17) is 0 Å². The molecule has 0 saturated carbocycles. The van der Waals surface area contributed by atoms with E-state index in [0.717, 1.165) is 28.2 Å². The van der Waals surface area contributed by atoms with Crippen LogP contribution in [0.1, 0.15) is 11.1 Å². The van der Waals surface area contributed by atoms with E-state index in [1.807, 2.05) is 36.0 Å². The fourth-order valence-corrected chi connectivity index (χ4v) is 4.59. The number of nitrogens with one attached hydrogen (secondary N) is 1. The number of aromatic amines is 1. The third-order valence-corrected chi connectivity index (χ3v) is 6.20. The first kappa shape index (κ1) is 18.5. The molecule has 0 aliphatic carbocycles. The van der Waals surface area contributed by atoms with Crippen molar-refractivity contribution in [1.29, 1.82) is 0 Å². The number of aromatic nitrogens is 1. The predicted molar refractivity (Wildman–Crippen MR) is 120 cm³/mol. The van der Waals surface area contributed by atoms with Crippen LogP contribution in [0.3, 0.4) is 0 Å². The zero-order chi connectivity index (χ0) is 18.8. The van der Waals surface area contributed by atoms with Crippen LogP contribution in [0.15, 0.2) is 52.3 Å². The Hall–Kier alpha value is -1.84. The van der Waals surface area contributed by atoms with Crippen molar-refractivity contribution in [2.45, 2.75) is 6.54 Å². The third-order valence-electron chi connectivity index (χ3n) is 4.51. The lowest BCUT2D eigenvalue weighted by Gasteiger charge is -2.13. The average Bonchev–Trinajstić information content (AvgIpc) is 3.15. The summed E-state index contributed by atoms with van der Waals surface area (Å²) in [4.78, 5) is 21.5. The lowest BCUT2D eigenvalue weighted by Crippen LogP contribution is -2.18. The molecule has 0 unspecified atom stereocenters. The highest BCUT2D eigenvalue weighted by Gasteiger charge is 2.12. The molecule has 1 aliphatic rings. The first-order valence-corrected chi connectivity index (χ1v) is 10.8. The number of fused-ring (bicyclic) bond motifs is 1. The van der Waals surface area contributed by atoms with Crippen LogP contribution in [0.2, 0.25) is 0 Å². The molecule has 4 rings (SSSR count). The highest BCUT2D eigenvalue weighted by Crippen LogP contribution is 2.24. The van der Waals surface area contributed by atoms with Gasteiger partial charge < -0.3 is 5.11 Å². The minimum atomic E-state index is -0.305. The molecule has 1 aromatic heterocycles. The van der Waals surface area contributed by atoms with Crippen molar-refractivity contribution in [2.75, 3.05) is 18.2 Å².